The number of aliphatic hydroxyl groups is 2. The number of amides is 1. The van der Waals surface area contributed by atoms with Crippen LogP contribution in [-0.4, -0.2) is 46.9 Å². The maximum Gasteiger partial charge on any atom is 0.306 e. The van der Waals surface area contributed by atoms with E-state index in [4.69, 9.17) is 4.74 Å². The van der Waals surface area contributed by atoms with Crippen molar-refractivity contribution in [3.8, 4) is 0 Å². The fourth-order valence-electron chi connectivity index (χ4n) is 6.69. The van der Waals surface area contributed by atoms with E-state index in [-0.39, 0.29) is 24.9 Å². The normalized spacial score (nSPS) is 14.2. The Kier molecular flexibility index (Phi) is 44.9. The van der Waals surface area contributed by atoms with Crippen LogP contribution in [0, 0.1) is 0 Å². The third-order valence-corrected chi connectivity index (χ3v) is 10.3. The summed E-state index contributed by atoms with van der Waals surface area (Å²) in [5, 5.41) is 23.6. The lowest BCUT2D eigenvalue weighted by Gasteiger charge is -2.24. The molecule has 6 nitrogen and oxygen atoms in total. The van der Waals surface area contributed by atoms with E-state index in [2.05, 4.69) is 135 Å². The third kappa shape index (κ3) is 43.0. The van der Waals surface area contributed by atoms with Crippen molar-refractivity contribution in [1.82, 2.24) is 5.32 Å². The minimum Gasteiger partial charge on any atom is -0.462 e. The number of hydrogen-bond donors (Lipinski definition) is 3. The molecule has 0 heterocycles. The summed E-state index contributed by atoms with van der Waals surface area (Å²) in [7, 11) is 0. The molecular formula is C55H91NO5. The van der Waals surface area contributed by atoms with Gasteiger partial charge in [-0.1, -0.05) is 194 Å². The molecule has 0 aromatic heterocycles. The number of hydrogen-bond acceptors (Lipinski definition) is 5. The highest BCUT2D eigenvalue weighted by Gasteiger charge is 2.24. The van der Waals surface area contributed by atoms with Gasteiger partial charge in [0.25, 0.3) is 0 Å². The van der Waals surface area contributed by atoms with Crippen molar-refractivity contribution < 1.29 is 24.5 Å². The van der Waals surface area contributed by atoms with Gasteiger partial charge in [0, 0.05) is 6.42 Å². The van der Waals surface area contributed by atoms with E-state index in [0.29, 0.717) is 19.3 Å². The van der Waals surface area contributed by atoms with E-state index in [1.54, 1.807) is 0 Å². The number of carbonyl (C=O) groups is 2. The van der Waals surface area contributed by atoms with Crippen LogP contribution < -0.4 is 5.32 Å². The van der Waals surface area contributed by atoms with Gasteiger partial charge in [-0.15, -0.1) is 0 Å². The molecule has 3 atom stereocenters. The molecule has 0 spiro atoms. The lowest BCUT2D eigenvalue weighted by Crippen LogP contribution is -2.46. The SMILES string of the molecule is CC/C=C\C/C=C\C/C=C\C/C=C\C/C=C\CCCC(CC(=O)NC(CO)C(O)CCCCCCCCCCC)OC(=O)CCCCC/C=C/C/C=C/C/C=C/C/C=C/CC. The highest BCUT2D eigenvalue weighted by Crippen LogP contribution is 2.16. The second kappa shape index (κ2) is 47.6. The average Bonchev–Trinajstić information content (AvgIpc) is 3.25. The Morgan fingerprint density at radius 3 is 1.36 bits per heavy atom. The van der Waals surface area contributed by atoms with Crippen LogP contribution in [-0.2, 0) is 14.3 Å². The molecule has 0 aliphatic carbocycles. The lowest BCUT2D eigenvalue weighted by molar-refractivity contribution is -0.151. The van der Waals surface area contributed by atoms with Crippen molar-refractivity contribution >= 4 is 11.9 Å². The molecule has 0 radical (unpaired) electrons. The molecule has 61 heavy (non-hydrogen) atoms. The summed E-state index contributed by atoms with van der Waals surface area (Å²) in [5.74, 6) is -0.580. The van der Waals surface area contributed by atoms with E-state index in [0.717, 1.165) is 116 Å². The van der Waals surface area contributed by atoms with Crippen molar-refractivity contribution in [1.29, 1.82) is 0 Å². The van der Waals surface area contributed by atoms with Crippen molar-refractivity contribution in [3.63, 3.8) is 0 Å². The molecule has 0 fully saturated rings. The van der Waals surface area contributed by atoms with Gasteiger partial charge in [0.2, 0.25) is 5.91 Å². The Balaban J connectivity index is 4.79. The quantitative estimate of drug-likeness (QED) is 0.0323. The first kappa shape index (κ1) is 57.5. The topological polar surface area (TPSA) is 95.9 Å². The monoisotopic (exact) mass is 846 g/mol. The minimum atomic E-state index is -0.813. The highest BCUT2D eigenvalue weighted by molar-refractivity contribution is 5.77. The summed E-state index contributed by atoms with van der Waals surface area (Å²) in [6, 6.07) is -0.732. The fourth-order valence-corrected chi connectivity index (χ4v) is 6.69. The van der Waals surface area contributed by atoms with E-state index in [1.165, 1.54) is 38.5 Å². The summed E-state index contributed by atoms with van der Waals surface area (Å²) in [6.45, 7) is 6.19. The van der Waals surface area contributed by atoms with Crippen LogP contribution >= 0.6 is 0 Å². The fraction of sp³-hybridized carbons (Fsp3) is 0.636. The Morgan fingerprint density at radius 2 is 0.902 bits per heavy atom. The van der Waals surface area contributed by atoms with Crippen molar-refractivity contribution in [2.45, 2.75) is 219 Å². The zero-order valence-corrected chi connectivity index (χ0v) is 39.2. The van der Waals surface area contributed by atoms with Crippen LogP contribution in [0.3, 0.4) is 0 Å². The van der Waals surface area contributed by atoms with Crippen LogP contribution in [0.2, 0.25) is 0 Å². The van der Waals surface area contributed by atoms with E-state index < -0.39 is 18.2 Å². The molecule has 0 aromatic rings. The molecule has 0 bridgehead atoms. The molecule has 0 saturated carbocycles. The molecule has 6 heteroatoms. The predicted molar refractivity (Wildman–Crippen MR) is 263 cm³/mol. The van der Waals surface area contributed by atoms with Gasteiger partial charge in [0.15, 0.2) is 0 Å². The molecule has 0 aromatic carbocycles. The Labute approximate surface area is 375 Å². The van der Waals surface area contributed by atoms with E-state index in [1.807, 2.05) is 0 Å². The molecule has 0 aliphatic rings. The molecule has 346 valence electrons. The molecule has 1 amide bonds. The van der Waals surface area contributed by atoms with Gasteiger partial charge in [-0.2, -0.15) is 0 Å². The Morgan fingerprint density at radius 1 is 0.492 bits per heavy atom. The number of aliphatic hydroxyl groups excluding tert-OH is 2. The van der Waals surface area contributed by atoms with Gasteiger partial charge in [0.1, 0.15) is 6.10 Å². The number of allylic oxidation sites excluding steroid dienone is 18. The molecule has 3 N–H and O–H groups in total. The number of unbranched alkanes of at least 4 members (excludes halogenated alkanes) is 12. The Hall–Kier alpha value is -3.48. The van der Waals surface area contributed by atoms with E-state index in [9.17, 15) is 19.8 Å². The largest absolute Gasteiger partial charge is 0.462 e. The van der Waals surface area contributed by atoms with Gasteiger partial charge in [-0.3, -0.25) is 9.59 Å². The van der Waals surface area contributed by atoms with Crippen LogP contribution in [0.1, 0.15) is 201 Å². The third-order valence-electron chi connectivity index (χ3n) is 10.3. The highest BCUT2D eigenvalue weighted by atomic mass is 16.5. The van der Waals surface area contributed by atoms with Gasteiger partial charge in [-0.25, -0.2) is 0 Å². The van der Waals surface area contributed by atoms with Crippen LogP contribution in [0.5, 0.6) is 0 Å². The van der Waals surface area contributed by atoms with Crippen molar-refractivity contribution in [2.24, 2.45) is 0 Å². The van der Waals surface area contributed by atoms with Gasteiger partial charge in [-0.05, 0) is 103 Å². The van der Waals surface area contributed by atoms with Crippen molar-refractivity contribution in [2.75, 3.05) is 6.61 Å². The van der Waals surface area contributed by atoms with Gasteiger partial charge < -0.3 is 20.3 Å². The zero-order valence-electron chi connectivity index (χ0n) is 39.2. The summed E-state index contributed by atoms with van der Waals surface area (Å²) in [6.07, 6.45) is 64.4. The van der Waals surface area contributed by atoms with Gasteiger partial charge in [0.05, 0.1) is 25.2 Å². The number of carbonyl (C=O) groups excluding carboxylic acids is 2. The van der Waals surface area contributed by atoms with Crippen molar-refractivity contribution in [3.05, 3.63) is 109 Å². The Bertz CT molecular complexity index is 1270. The summed E-state index contributed by atoms with van der Waals surface area (Å²) < 4.78 is 5.88. The maximum atomic E-state index is 13.2. The summed E-state index contributed by atoms with van der Waals surface area (Å²) >= 11 is 0. The standard InChI is InChI=1S/C55H91NO5/c1-4-7-10-13-16-19-21-23-25-27-28-30-32-35-37-40-43-46-51(49-54(59)56-52(50-57)53(58)47-44-41-38-34-18-15-12-9-6-3)61-55(60)48-45-42-39-36-33-31-29-26-24-22-20-17-14-11-8-5-2/h7-8,10-11,16-17,19-20,23-26,28,30-31,33,35,37,51-53,57-58H,4-6,9,12-15,18,21-22,27,29,32,34,36,38-50H2,1-3H3,(H,56,59)/b10-7-,11-8+,19-16-,20-17+,25-23-,26-24+,30-28-,33-31+,37-35-. The smallest absolute Gasteiger partial charge is 0.306 e. The number of nitrogens with one attached hydrogen (secondary N) is 1. The molecule has 0 saturated heterocycles. The molecule has 3 unspecified atom stereocenters. The summed E-state index contributed by atoms with van der Waals surface area (Å²) in [4.78, 5) is 26.1. The van der Waals surface area contributed by atoms with E-state index >= 15 is 0 Å². The maximum absolute atomic E-state index is 13.2. The number of rotatable bonds is 42. The minimum absolute atomic E-state index is 0.0183. The molecular weight excluding hydrogens is 755 g/mol. The lowest BCUT2D eigenvalue weighted by atomic mass is 10.0. The molecule has 0 rings (SSSR count). The van der Waals surface area contributed by atoms with Crippen LogP contribution in [0.25, 0.3) is 0 Å². The first-order valence-electron chi connectivity index (χ1n) is 24.6. The second-order valence-electron chi connectivity index (χ2n) is 16.1. The first-order valence-corrected chi connectivity index (χ1v) is 24.6. The first-order chi connectivity index (χ1) is 30.0. The second-order valence-corrected chi connectivity index (χ2v) is 16.1. The summed E-state index contributed by atoms with van der Waals surface area (Å²) in [5.41, 5.74) is 0. The number of ether oxygens (including phenoxy) is 1. The average molecular weight is 846 g/mol. The number of esters is 1. The predicted octanol–water partition coefficient (Wildman–Crippen LogP) is 14.7. The van der Waals surface area contributed by atoms with Gasteiger partial charge >= 0.3 is 5.97 Å². The zero-order chi connectivity index (χ0) is 44.5. The molecule has 0 aliphatic heterocycles. The van der Waals surface area contributed by atoms with Crippen LogP contribution in [0.15, 0.2) is 109 Å². The van der Waals surface area contributed by atoms with Crippen LogP contribution in [0.4, 0.5) is 0 Å².